The summed E-state index contributed by atoms with van der Waals surface area (Å²) in [5.41, 5.74) is 2.48. The highest BCUT2D eigenvalue weighted by Gasteiger charge is 2.07. The molecule has 154 valence electrons. The minimum atomic E-state index is -0.150. The SMILES string of the molecule is CN=C(NCCSCc1ccccc1F)NCc1coc(-c2ccccc2)n1.I. The second-order valence-electron chi connectivity index (χ2n) is 6.01. The Labute approximate surface area is 191 Å². The maximum Gasteiger partial charge on any atom is 0.226 e. The molecule has 0 unspecified atom stereocenters. The molecular weight excluding hydrogens is 502 g/mol. The van der Waals surface area contributed by atoms with Crippen LogP contribution in [0.3, 0.4) is 0 Å². The number of aliphatic imine (C=N–C) groups is 1. The molecule has 2 N–H and O–H groups in total. The van der Waals surface area contributed by atoms with Crippen molar-refractivity contribution in [2.45, 2.75) is 12.3 Å². The van der Waals surface area contributed by atoms with Crippen LogP contribution in [0.5, 0.6) is 0 Å². The van der Waals surface area contributed by atoms with Crippen LogP contribution in [0.2, 0.25) is 0 Å². The average Bonchev–Trinajstić information content (AvgIpc) is 3.21. The highest BCUT2D eigenvalue weighted by Crippen LogP contribution is 2.17. The number of aromatic nitrogens is 1. The van der Waals surface area contributed by atoms with E-state index in [0.717, 1.165) is 29.1 Å². The van der Waals surface area contributed by atoms with Gasteiger partial charge < -0.3 is 15.1 Å². The first-order chi connectivity index (χ1) is 13.8. The Bertz CT molecular complexity index is 904. The van der Waals surface area contributed by atoms with Crippen molar-refractivity contribution in [2.75, 3.05) is 19.3 Å². The number of guanidine groups is 1. The summed E-state index contributed by atoms with van der Waals surface area (Å²) in [6, 6.07) is 16.7. The number of nitrogens with zero attached hydrogens (tertiary/aromatic N) is 2. The summed E-state index contributed by atoms with van der Waals surface area (Å²) in [4.78, 5) is 8.69. The van der Waals surface area contributed by atoms with Crippen LogP contribution in [0, 0.1) is 5.82 Å². The number of oxazole rings is 1. The molecule has 5 nitrogen and oxygen atoms in total. The van der Waals surface area contributed by atoms with Crippen molar-refractivity contribution in [3.05, 3.63) is 77.9 Å². The maximum atomic E-state index is 13.6. The second kappa shape index (κ2) is 12.5. The molecule has 2 aromatic carbocycles. The lowest BCUT2D eigenvalue weighted by Gasteiger charge is -2.10. The van der Waals surface area contributed by atoms with Crippen molar-refractivity contribution in [1.29, 1.82) is 0 Å². The Morgan fingerprint density at radius 3 is 2.62 bits per heavy atom. The van der Waals surface area contributed by atoms with Crippen LogP contribution in [0.25, 0.3) is 11.5 Å². The lowest BCUT2D eigenvalue weighted by atomic mass is 10.2. The van der Waals surface area contributed by atoms with Gasteiger partial charge in [-0.05, 0) is 23.8 Å². The monoisotopic (exact) mass is 526 g/mol. The van der Waals surface area contributed by atoms with E-state index >= 15 is 0 Å². The van der Waals surface area contributed by atoms with Crippen molar-refractivity contribution in [3.8, 4) is 11.5 Å². The second-order valence-corrected chi connectivity index (χ2v) is 7.11. The van der Waals surface area contributed by atoms with Crippen LogP contribution in [-0.4, -0.2) is 30.3 Å². The Morgan fingerprint density at radius 1 is 1.10 bits per heavy atom. The van der Waals surface area contributed by atoms with E-state index in [9.17, 15) is 4.39 Å². The van der Waals surface area contributed by atoms with E-state index in [1.807, 2.05) is 42.5 Å². The summed E-state index contributed by atoms with van der Waals surface area (Å²) in [6.45, 7) is 1.24. The van der Waals surface area contributed by atoms with Crippen LogP contribution >= 0.6 is 35.7 Å². The molecule has 0 aliphatic heterocycles. The zero-order valence-electron chi connectivity index (χ0n) is 16.1. The molecule has 0 saturated heterocycles. The molecule has 3 rings (SSSR count). The molecule has 8 heteroatoms. The van der Waals surface area contributed by atoms with Crippen molar-refractivity contribution >= 4 is 41.7 Å². The first kappa shape index (κ1) is 23.2. The third kappa shape index (κ3) is 7.36. The molecule has 0 atom stereocenters. The van der Waals surface area contributed by atoms with Crippen LogP contribution < -0.4 is 10.6 Å². The lowest BCUT2D eigenvalue weighted by Crippen LogP contribution is -2.38. The van der Waals surface area contributed by atoms with Crippen LogP contribution in [0.15, 0.2) is 70.3 Å². The summed E-state index contributed by atoms with van der Waals surface area (Å²) in [7, 11) is 1.72. The van der Waals surface area contributed by atoms with Crippen LogP contribution in [0.4, 0.5) is 4.39 Å². The van der Waals surface area contributed by atoms with E-state index in [-0.39, 0.29) is 29.8 Å². The number of rotatable bonds is 8. The van der Waals surface area contributed by atoms with E-state index in [1.54, 1.807) is 31.1 Å². The first-order valence-corrected chi connectivity index (χ1v) is 10.2. The van der Waals surface area contributed by atoms with Crippen LogP contribution in [-0.2, 0) is 12.3 Å². The zero-order valence-corrected chi connectivity index (χ0v) is 19.2. The number of nitrogens with one attached hydrogen (secondary N) is 2. The van der Waals surface area contributed by atoms with Gasteiger partial charge in [0, 0.05) is 30.7 Å². The van der Waals surface area contributed by atoms with E-state index in [4.69, 9.17) is 4.42 Å². The number of thioether (sulfide) groups is 1. The third-order valence-electron chi connectivity index (χ3n) is 3.99. The fraction of sp³-hybridized carbons (Fsp3) is 0.238. The minimum absolute atomic E-state index is 0. The number of benzene rings is 2. The van der Waals surface area contributed by atoms with Gasteiger partial charge in [-0.2, -0.15) is 11.8 Å². The summed E-state index contributed by atoms with van der Waals surface area (Å²) in [5.74, 6) is 2.64. The topological polar surface area (TPSA) is 62.5 Å². The third-order valence-corrected chi connectivity index (χ3v) is 5.00. The minimum Gasteiger partial charge on any atom is -0.444 e. The summed E-state index contributed by atoms with van der Waals surface area (Å²) < 4.78 is 19.1. The van der Waals surface area contributed by atoms with Crippen molar-refractivity contribution < 1.29 is 8.81 Å². The van der Waals surface area contributed by atoms with Gasteiger partial charge in [0.2, 0.25) is 5.89 Å². The Balaban J connectivity index is 0.00000300. The highest BCUT2D eigenvalue weighted by molar-refractivity contribution is 14.0. The first-order valence-electron chi connectivity index (χ1n) is 9.02. The van der Waals surface area contributed by atoms with Gasteiger partial charge in [-0.25, -0.2) is 9.37 Å². The zero-order chi connectivity index (χ0) is 19.6. The molecule has 0 radical (unpaired) electrons. The van der Waals surface area contributed by atoms with Gasteiger partial charge in [0.05, 0.1) is 12.2 Å². The standard InChI is InChI=1S/C21H23FN4OS.HI/c1-23-21(24-11-12-28-15-17-9-5-6-10-19(17)22)25-13-18-14-27-20(26-18)16-7-3-2-4-8-16;/h2-10,14H,11-13,15H2,1H3,(H2,23,24,25);1H. The van der Waals surface area contributed by atoms with Gasteiger partial charge in [-0.3, -0.25) is 4.99 Å². The average molecular weight is 526 g/mol. The van der Waals surface area contributed by atoms with Gasteiger partial charge >= 0.3 is 0 Å². The molecule has 0 fully saturated rings. The molecule has 0 amide bonds. The molecular formula is C21H24FIN4OS. The number of halogens is 2. The molecule has 0 aliphatic rings. The molecule has 1 aromatic heterocycles. The smallest absolute Gasteiger partial charge is 0.226 e. The fourth-order valence-corrected chi connectivity index (χ4v) is 3.38. The van der Waals surface area contributed by atoms with Gasteiger partial charge in [0.1, 0.15) is 12.1 Å². The summed E-state index contributed by atoms with van der Waals surface area (Å²) in [5, 5.41) is 6.46. The lowest BCUT2D eigenvalue weighted by molar-refractivity contribution is 0.572. The predicted octanol–water partition coefficient (Wildman–Crippen LogP) is 4.70. The van der Waals surface area contributed by atoms with E-state index in [1.165, 1.54) is 6.07 Å². The largest absolute Gasteiger partial charge is 0.444 e. The molecule has 1 heterocycles. The molecule has 0 saturated carbocycles. The van der Waals surface area contributed by atoms with E-state index in [0.29, 0.717) is 24.1 Å². The van der Waals surface area contributed by atoms with Gasteiger partial charge in [-0.15, -0.1) is 24.0 Å². The Hall–Kier alpha value is -2.07. The quantitative estimate of drug-likeness (QED) is 0.193. The predicted molar refractivity (Wildman–Crippen MR) is 128 cm³/mol. The molecule has 0 bridgehead atoms. The van der Waals surface area contributed by atoms with Gasteiger partial charge in [0.15, 0.2) is 5.96 Å². The highest BCUT2D eigenvalue weighted by atomic mass is 127. The van der Waals surface area contributed by atoms with Crippen molar-refractivity contribution in [3.63, 3.8) is 0 Å². The molecule has 0 aliphatic carbocycles. The van der Waals surface area contributed by atoms with Gasteiger partial charge in [0.25, 0.3) is 0 Å². The van der Waals surface area contributed by atoms with E-state index in [2.05, 4.69) is 20.6 Å². The maximum absolute atomic E-state index is 13.6. The summed E-state index contributed by atoms with van der Waals surface area (Å²) >= 11 is 1.68. The molecule has 0 spiro atoms. The fourth-order valence-electron chi connectivity index (χ4n) is 2.54. The Morgan fingerprint density at radius 2 is 1.86 bits per heavy atom. The Kier molecular flexibility index (Phi) is 9.99. The molecule has 29 heavy (non-hydrogen) atoms. The normalized spacial score (nSPS) is 11.0. The summed E-state index contributed by atoms with van der Waals surface area (Å²) in [6.07, 6.45) is 1.65. The van der Waals surface area contributed by atoms with Crippen LogP contribution in [0.1, 0.15) is 11.3 Å². The van der Waals surface area contributed by atoms with Crippen molar-refractivity contribution in [2.24, 2.45) is 4.99 Å². The van der Waals surface area contributed by atoms with E-state index < -0.39 is 0 Å². The van der Waals surface area contributed by atoms with Gasteiger partial charge in [-0.1, -0.05) is 36.4 Å². The van der Waals surface area contributed by atoms with Crippen molar-refractivity contribution in [1.82, 2.24) is 15.6 Å². The number of hydrogen-bond acceptors (Lipinski definition) is 4. The molecule has 3 aromatic rings. The number of hydrogen-bond donors (Lipinski definition) is 2.